The molecule has 0 saturated carbocycles. The number of likely N-dealkylation sites (tertiary alicyclic amines) is 1. The zero-order valence-electron chi connectivity index (χ0n) is 14.4. The van der Waals surface area contributed by atoms with Crippen LogP contribution in [0.5, 0.6) is 0 Å². The molecule has 0 aliphatic carbocycles. The minimum absolute atomic E-state index is 0.00858. The highest BCUT2D eigenvalue weighted by Crippen LogP contribution is 2.22. The summed E-state index contributed by atoms with van der Waals surface area (Å²) in [7, 11) is 1.59. The largest absolute Gasteiger partial charge is 0.511 e. The number of allylic oxidation sites excluding steroid dienone is 1. The smallest absolute Gasteiger partial charge is 0.261 e. The molecule has 1 aliphatic heterocycles. The van der Waals surface area contributed by atoms with Crippen molar-refractivity contribution in [2.45, 2.75) is 71.6 Å². The monoisotopic (exact) mass is 309 g/mol. The lowest BCUT2D eigenvalue weighted by molar-refractivity contribution is -0.123. The van der Waals surface area contributed by atoms with Gasteiger partial charge in [0.15, 0.2) is 5.78 Å². The molecule has 1 fully saturated rings. The summed E-state index contributed by atoms with van der Waals surface area (Å²) in [6, 6.07) is 0. The van der Waals surface area contributed by atoms with Crippen LogP contribution in [0.2, 0.25) is 0 Å². The van der Waals surface area contributed by atoms with Gasteiger partial charge in [-0.3, -0.25) is 9.59 Å². The quantitative estimate of drug-likeness (QED) is 0.287. The lowest BCUT2D eigenvalue weighted by atomic mass is 9.96. The maximum Gasteiger partial charge on any atom is 0.261 e. The number of ketones is 1. The summed E-state index contributed by atoms with van der Waals surface area (Å²) in [5.74, 6) is -0.105. The lowest BCUT2D eigenvalue weighted by Crippen LogP contribution is -2.19. The van der Waals surface area contributed by atoms with Crippen molar-refractivity contribution in [2.24, 2.45) is 5.92 Å². The van der Waals surface area contributed by atoms with E-state index in [1.807, 2.05) is 0 Å². The first-order valence-corrected chi connectivity index (χ1v) is 8.68. The van der Waals surface area contributed by atoms with E-state index in [2.05, 4.69) is 13.8 Å². The predicted molar refractivity (Wildman–Crippen MR) is 88.7 cm³/mol. The summed E-state index contributed by atoms with van der Waals surface area (Å²) in [5.41, 5.74) is 0.00858. The molecule has 0 aromatic carbocycles. The van der Waals surface area contributed by atoms with Gasteiger partial charge in [-0.2, -0.15) is 0 Å². The van der Waals surface area contributed by atoms with E-state index in [-0.39, 0.29) is 29.6 Å². The van der Waals surface area contributed by atoms with E-state index in [4.69, 9.17) is 0 Å². The molecule has 0 bridgehead atoms. The van der Waals surface area contributed by atoms with Crippen LogP contribution in [-0.4, -0.2) is 35.3 Å². The van der Waals surface area contributed by atoms with Crippen LogP contribution in [0.1, 0.15) is 71.6 Å². The first-order valence-electron chi connectivity index (χ1n) is 8.68. The number of amides is 1. The Morgan fingerprint density at radius 3 is 2.36 bits per heavy atom. The van der Waals surface area contributed by atoms with Gasteiger partial charge in [-0.15, -0.1) is 0 Å². The summed E-state index contributed by atoms with van der Waals surface area (Å²) in [5, 5.41) is 10.0. The Bertz CT molecular complexity index is 415. The van der Waals surface area contributed by atoms with Crippen molar-refractivity contribution >= 4 is 11.7 Å². The van der Waals surface area contributed by atoms with Gasteiger partial charge in [-0.05, 0) is 12.3 Å². The number of hydrogen-bond donors (Lipinski definition) is 1. The standard InChI is InChI=1S/C18H31NO3/c1-4-5-6-7-8-9-10-14(2)11-12-15(20)17-16(21)13-19(3)18(17)22/h14,20H,4-13H2,1-3H3/b17-15-. The summed E-state index contributed by atoms with van der Waals surface area (Å²) in [6.45, 7) is 4.49. The molecule has 0 aromatic heterocycles. The van der Waals surface area contributed by atoms with Crippen molar-refractivity contribution in [3.63, 3.8) is 0 Å². The zero-order chi connectivity index (χ0) is 16.5. The minimum atomic E-state index is -0.342. The molecule has 4 heteroatoms. The third-order valence-electron chi connectivity index (χ3n) is 4.43. The van der Waals surface area contributed by atoms with Crippen LogP contribution in [0.25, 0.3) is 0 Å². The van der Waals surface area contributed by atoms with E-state index in [1.165, 1.54) is 43.4 Å². The Labute approximate surface area is 134 Å². The fourth-order valence-corrected chi connectivity index (χ4v) is 2.89. The highest BCUT2D eigenvalue weighted by Gasteiger charge is 2.33. The van der Waals surface area contributed by atoms with Gasteiger partial charge < -0.3 is 10.0 Å². The second-order valence-corrected chi connectivity index (χ2v) is 6.61. The van der Waals surface area contributed by atoms with Gasteiger partial charge >= 0.3 is 0 Å². The molecular formula is C18H31NO3. The molecule has 0 aromatic rings. The van der Waals surface area contributed by atoms with Crippen LogP contribution in [0.15, 0.2) is 11.3 Å². The fraction of sp³-hybridized carbons (Fsp3) is 0.778. The van der Waals surface area contributed by atoms with E-state index in [0.717, 1.165) is 12.8 Å². The van der Waals surface area contributed by atoms with E-state index >= 15 is 0 Å². The van der Waals surface area contributed by atoms with Gasteiger partial charge in [0.1, 0.15) is 11.3 Å². The zero-order valence-corrected chi connectivity index (χ0v) is 14.4. The summed E-state index contributed by atoms with van der Waals surface area (Å²) in [6.07, 6.45) is 10.1. The highest BCUT2D eigenvalue weighted by molar-refractivity contribution is 6.25. The van der Waals surface area contributed by atoms with Gasteiger partial charge in [0.2, 0.25) is 0 Å². The van der Waals surface area contributed by atoms with E-state index in [9.17, 15) is 14.7 Å². The van der Waals surface area contributed by atoms with Crippen LogP contribution in [0, 0.1) is 5.92 Å². The average molecular weight is 309 g/mol. The molecule has 1 heterocycles. The highest BCUT2D eigenvalue weighted by atomic mass is 16.3. The molecular weight excluding hydrogens is 278 g/mol. The van der Waals surface area contributed by atoms with Crippen LogP contribution < -0.4 is 0 Å². The van der Waals surface area contributed by atoms with Crippen molar-refractivity contribution in [1.82, 2.24) is 4.90 Å². The van der Waals surface area contributed by atoms with Gasteiger partial charge in [0, 0.05) is 13.5 Å². The molecule has 4 nitrogen and oxygen atoms in total. The number of Topliss-reactive ketones (excluding diaryl/α,β-unsaturated/α-hetero) is 1. The second kappa shape index (κ2) is 9.65. The summed E-state index contributed by atoms with van der Waals surface area (Å²) >= 11 is 0. The Morgan fingerprint density at radius 2 is 1.77 bits per heavy atom. The van der Waals surface area contributed by atoms with Gasteiger partial charge in [0.25, 0.3) is 5.91 Å². The Kier molecular flexibility index (Phi) is 8.21. The average Bonchev–Trinajstić information content (AvgIpc) is 2.73. The van der Waals surface area contributed by atoms with Crippen molar-refractivity contribution in [3.8, 4) is 0 Å². The van der Waals surface area contributed by atoms with Gasteiger partial charge in [-0.1, -0.05) is 58.8 Å². The number of aliphatic hydroxyl groups excluding tert-OH is 1. The third-order valence-corrected chi connectivity index (χ3v) is 4.43. The molecule has 1 N–H and O–H groups in total. The van der Waals surface area contributed by atoms with Crippen LogP contribution in [-0.2, 0) is 9.59 Å². The van der Waals surface area contributed by atoms with Crippen LogP contribution in [0.4, 0.5) is 0 Å². The first kappa shape index (κ1) is 18.7. The van der Waals surface area contributed by atoms with Gasteiger partial charge in [-0.25, -0.2) is 0 Å². The number of rotatable bonds is 10. The number of likely N-dealkylation sites (N-methyl/N-ethyl adjacent to an activating group) is 1. The molecule has 1 rings (SSSR count). The van der Waals surface area contributed by atoms with Gasteiger partial charge in [0.05, 0.1) is 6.54 Å². The van der Waals surface area contributed by atoms with Crippen LogP contribution >= 0.6 is 0 Å². The number of carbonyl (C=O) groups is 2. The Balaban J connectivity index is 2.27. The number of hydrogen-bond acceptors (Lipinski definition) is 3. The summed E-state index contributed by atoms with van der Waals surface area (Å²) < 4.78 is 0. The SMILES string of the molecule is CCCCCCCCC(C)CC/C(O)=C1\C(=O)CN(C)C1=O. The van der Waals surface area contributed by atoms with E-state index < -0.39 is 0 Å². The third kappa shape index (κ3) is 5.82. The molecule has 1 aliphatic rings. The molecule has 1 saturated heterocycles. The number of aliphatic hydroxyl groups is 1. The van der Waals surface area contributed by atoms with Crippen molar-refractivity contribution in [2.75, 3.05) is 13.6 Å². The first-order chi connectivity index (χ1) is 10.5. The lowest BCUT2D eigenvalue weighted by Gasteiger charge is -2.11. The van der Waals surface area contributed by atoms with Crippen molar-refractivity contribution in [3.05, 3.63) is 11.3 Å². The Hall–Kier alpha value is -1.32. The molecule has 1 unspecified atom stereocenters. The normalized spacial score (nSPS) is 19.0. The van der Waals surface area contributed by atoms with Crippen molar-refractivity contribution < 1.29 is 14.7 Å². The number of carbonyl (C=O) groups excluding carboxylic acids is 2. The maximum absolute atomic E-state index is 11.8. The maximum atomic E-state index is 11.8. The van der Waals surface area contributed by atoms with Crippen molar-refractivity contribution in [1.29, 1.82) is 0 Å². The molecule has 126 valence electrons. The molecule has 1 atom stereocenters. The topological polar surface area (TPSA) is 57.6 Å². The number of nitrogens with zero attached hydrogens (tertiary/aromatic N) is 1. The summed E-state index contributed by atoms with van der Waals surface area (Å²) in [4.78, 5) is 24.8. The Morgan fingerprint density at radius 1 is 1.14 bits per heavy atom. The minimum Gasteiger partial charge on any atom is -0.511 e. The number of unbranched alkanes of at least 4 members (excludes halogenated alkanes) is 5. The molecule has 0 spiro atoms. The molecule has 0 radical (unpaired) electrons. The van der Waals surface area contributed by atoms with E-state index in [0.29, 0.717) is 12.3 Å². The molecule has 22 heavy (non-hydrogen) atoms. The second-order valence-electron chi connectivity index (χ2n) is 6.61. The fourth-order valence-electron chi connectivity index (χ4n) is 2.89. The molecule has 1 amide bonds. The predicted octanol–water partition coefficient (Wildman–Crippen LogP) is 4.01. The van der Waals surface area contributed by atoms with Crippen LogP contribution in [0.3, 0.4) is 0 Å². The van der Waals surface area contributed by atoms with E-state index in [1.54, 1.807) is 7.05 Å².